The van der Waals surface area contributed by atoms with Crippen molar-refractivity contribution in [2.45, 2.75) is 13.0 Å². The summed E-state index contributed by atoms with van der Waals surface area (Å²) in [5, 5.41) is 21.4. The van der Waals surface area contributed by atoms with E-state index >= 15 is 0 Å². The van der Waals surface area contributed by atoms with Crippen LogP contribution < -0.4 is 5.32 Å². The molecule has 0 aromatic heterocycles. The minimum Gasteiger partial charge on any atom is -0.508 e. The number of aromatic hydroxyl groups is 1. The molecule has 0 bridgehead atoms. The quantitative estimate of drug-likeness (QED) is 0.861. The Morgan fingerprint density at radius 2 is 1.89 bits per heavy atom. The molecule has 1 atom stereocenters. The van der Waals surface area contributed by atoms with Crippen molar-refractivity contribution < 1.29 is 5.11 Å². The van der Waals surface area contributed by atoms with E-state index in [-0.39, 0.29) is 11.8 Å². The SMILES string of the molecule is CC(Nc1cccc(C#N)c1)c1ccc(O)cc1. The number of nitrogens with one attached hydrogen (secondary N) is 1. The van der Waals surface area contributed by atoms with Crippen molar-refractivity contribution in [2.24, 2.45) is 0 Å². The predicted molar refractivity (Wildman–Crippen MR) is 71.3 cm³/mol. The summed E-state index contributed by atoms with van der Waals surface area (Å²) in [4.78, 5) is 0. The second-order valence-corrected chi connectivity index (χ2v) is 4.15. The fourth-order valence-electron chi connectivity index (χ4n) is 1.77. The van der Waals surface area contributed by atoms with Crippen molar-refractivity contribution in [3.05, 3.63) is 59.7 Å². The van der Waals surface area contributed by atoms with E-state index in [4.69, 9.17) is 5.26 Å². The van der Waals surface area contributed by atoms with Gasteiger partial charge in [-0.1, -0.05) is 18.2 Å². The molecule has 3 nitrogen and oxygen atoms in total. The Hall–Kier alpha value is -2.47. The Labute approximate surface area is 106 Å². The molecule has 0 saturated heterocycles. The highest BCUT2D eigenvalue weighted by Gasteiger charge is 2.05. The molecule has 0 saturated carbocycles. The van der Waals surface area contributed by atoms with Crippen LogP contribution in [0.5, 0.6) is 5.75 Å². The Morgan fingerprint density at radius 3 is 2.56 bits per heavy atom. The van der Waals surface area contributed by atoms with Crippen LogP contribution in [0.15, 0.2) is 48.5 Å². The normalized spacial score (nSPS) is 11.6. The zero-order chi connectivity index (χ0) is 13.0. The van der Waals surface area contributed by atoms with Crippen LogP contribution in [0, 0.1) is 11.3 Å². The lowest BCUT2D eigenvalue weighted by Crippen LogP contribution is -2.06. The standard InChI is InChI=1S/C15H14N2O/c1-11(13-5-7-15(18)8-6-13)17-14-4-2-3-12(9-14)10-16/h2-9,11,17-18H,1H3. The first kappa shape index (κ1) is 12.0. The van der Waals surface area contributed by atoms with Gasteiger partial charge >= 0.3 is 0 Å². The van der Waals surface area contributed by atoms with Gasteiger partial charge in [0.25, 0.3) is 0 Å². The van der Waals surface area contributed by atoms with Crippen LogP contribution in [0.3, 0.4) is 0 Å². The van der Waals surface area contributed by atoms with Crippen LogP contribution in [0.25, 0.3) is 0 Å². The summed E-state index contributed by atoms with van der Waals surface area (Å²) < 4.78 is 0. The van der Waals surface area contributed by atoms with Crippen LogP contribution in [-0.4, -0.2) is 5.11 Å². The van der Waals surface area contributed by atoms with Gasteiger partial charge in [-0.15, -0.1) is 0 Å². The van der Waals surface area contributed by atoms with Gasteiger partial charge in [-0.05, 0) is 42.8 Å². The molecule has 2 aromatic rings. The second kappa shape index (κ2) is 5.24. The number of hydrogen-bond acceptors (Lipinski definition) is 3. The molecule has 0 radical (unpaired) electrons. The van der Waals surface area contributed by atoms with Crippen molar-refractivity contribution in [2.75, 3.05) is 5.32 Å². The highest BCUT2D eigenvalue weighted by atomic mass is 16.3. The molecule has 3 heteroatoms. The number of anilines is 1. The fraction of sp³-hybridized carbons (Fsp3) is 0.133. The lowest BCUT2D eigenvalue weighted by atomic mass is 10.1. The molecular weight excluding hydrogens is 224 g/mol. The molecule has 2 rings (SSSR count). The first-order chi connectivity index (χ1) is 8.69. The lowest BCUT2D eigenvalue weighted by Gasteiger charge is -2.15. The lowest BCUT2D eigenvalue weighted by molar-refractivity contribution is 0.475. The first-order valence-electron chi connectivity index (χ1n) is 5.74. The number of benzene rings is 2. The van der Waals surface area contributed by atoms with Gasteiger partial charge in [-0.25, -0.2) is 0 Å². The topological polar surface area (TPSA) is 56.0 Å². The first-order valence-corrected chi connectivity index (χ1v) is 5.74. The molecule has 18 heavy (non-hydrogen) atoms. The van der Waals surface area contributed by atoms with Gasteiger partial charge in [-0.2, -0.15) is 5.26 Å². The van der Waals surface area contributed by atoms with Crippen molar-refractivity contribution in [1.82, 2.24) is 0 Å². The molecule has 90 valence electrons. The van der Waals surface area contributed by atoms with Gasteiger partial charge < -0.3 is 10.4 Å². The van der Waals surface area contributed by atoms with Crippen molar-refractivity contribution in [3.8, 4) is 11.8 Å². The highest BCUT2D eigenvalue weighted by Crippen LogP contribution is 2.21. The van der Waals surface area contributed by atoms with Crippen LogP contribution in [0.2, 0.25) is 0 Å². The van der Waals surface area contributed by atoms with E-state index in [1.54, 1.807) is 18.2 Å². The summed E-state index contributed by atoms with van der Waals surface area (Å²) in [6, 6.07) is 16.7. The van der Waals surface area contributed by atoms with Crippen LogP contribution >= 0.6 is 0 Å². The summed E-state index contributed by atoms with van der Waals surface area (Å²) in [5.74, 6) is 0.262. The fourth-order valence-corrected chi connectivity index (χ4v) is 1.77. The molecular formula is C15H14N2O. The van der Waals surface area contributed by atoms with Gasteiger partial charge in [-0.3, -0.25) is 0 Å². The van der Waals surface area contributed by atoms with Crippen molar-refractivity contribution in [1.29, 1.82) is 5.26 Å². The Balaban J connectivity index is 2.13. The molecule has 0 fully saturated rings. The van der Waals surface area contributed by atoms with E-state index in [1.807, 2.05) is 37.3 Å². The van der Waals surface area contributed by atoms with E-state index in [1.165, 1.54) is 0 Å². The van der Waals surface area contributed by atoms with E-state index in [9.17, 15) is 5.11 Å². The minimum atomic E-state index is 0.111. The zero-order valence-corrected chi connectivity index (χ0v) is 10.1. The van der Waals surface area contributed by atoms with Gasteiger partial charge in [0.15, 0.2) is 0 Å². The maximum Gasteiger partial charge on any atom is 0.115 e. The number of phenols is 1. The van der Waals surface area contributed by atoms with E-state index in [0.29, 0.717) is 5.56 Å². The zero-order valence-electron chi connectivity index (χ0n) is 10.1. The molecule has 2 aromatic carbocycles. The highest BCUT2D eigenvalue weighted by molar-refractivity contribution is 5.50. The maximum absolute atomic E-state index is 9.24. The smallest absolute Gasteiger partial charge is 0.115 e. The summed E-state index contributed by atoms with van der Waals surface area (Å²) in [7, 11) is 0. The Bertz CT molecular complexity index is 570. The number of nitriles is 1. The largest absolute Gasteiger partial charge is 0.508 e. The molecule has 0 amide bonds. The maximum atomic E-state index is 9.24. The van der Waals surface area contributed by atoms with Crippen LogP contribution in [0.4, 0.5) is 5.69 Å². The summed E-state index contributed by atoms with van der Waals surface area (Å²) in [6.07, 6.45) is 0. The third kappa shape index (κ3) is 2.80. The molecule has 0 aliphatic heterocycles. The van der Waals surface area contributed by atoms with Crippen molar-refractivity contribution >= 4 is 5.69 Å². The molecule has 2 N–H and O–H groups in total. The second-order valence-electron chi connectivity index (χ2n) is 4.15. The molecule has 0 heterocycles. The average Bonchev–Trinajstić information content (AvgIpc) is 2.39. The number of phenolic OH excluding ortho intramolecular Hbond substituents is 1. The number of rotatable bonds is 3. The van der Waals surface area contributed by atoms with Crippen LogP contribution in [0.1, 0.15) is 24.1 Å². The molecule has 0 aliphatic carbocycles. The van der Waals surface area contributed by atoms with Gasteiger partial charge in [0, 0.05) is 11.7 Å². The van der Waals surface area contributed by atoms with Gasteiger partial charge in [0.1, 0.15) is 5.75 Å². The number of nitrogens with zero attached hydrogens (tertiary/aromatic N) is 1. The van der Waals surface area contributed by atoms with E-state index in [2.05, 4.69) is 11.4 Å². The molecule has 0 aliphatic rings. The third-order valence-corrected chi connectivity index (χ3v) is 2.77. The monoisotopic (exact) mass is 238 g/mol. The minimum absolute atomic E-state index is 0.111. The average molecular weight is 238 g/mol. The number of hydrogen-bond donors (Lipinski definition) is 2. The van der Waals surface area contributed by atoms with Crippen LogP contribution in [-0.2, 0) is 0 Å². The van der Waals surface area contributed by atoms with E-state index in [0.717, 1.165) is 11.3 Å². The summed E-state index contributed by atoms with van der Waals surface area (Å²) in [6.45, 7) is 2.03. The summed E-state index contributed by atoms with van der Waals surface area (Å²) in [5.41, 5.74) is 2.63. The van der Waals surface area contributed by atoms with Crippen molar-refractivity contribution in [3.63, 3.8) is 0 Å². The molecule has 0 spiro atoms. The molecule has 1 unspecified atom stereocenters. The third-order valence-electron chi connectivity index (χ3n) is 2.77. The predicted octanol–water partition coefficient (Wildman–Crippen LogP) is 3.44. The van der Waals surface area contributed by atoms with Gasteiger partial charge in [0.05, 0.1) is 11.6 Å². The Kier molecular flexibility index (Phi) is 3.49. The van der Waals surface area contributed by atoms with E-state index < -0.39 is 0 Å². The summed E-state index contributed by atoms with van der Waals surface area (Å²) >= 11 is 0. The van der Waals surface area contributed by atoms with Gasteiger partial charge in [0.2, 0.25) is 0 Å². The Morgan fingerprint density at radius 1 is 1.17 bits per heavy atom.